The number of aliphatic hydroxyl groups excluding tert-OH is 3. The van der Waals surface area contributed by atoms with Crippen molar-refractivity contribution >= 4 is 0 Å². The van der Waals surface area contributed by atoms with Crippen molar-refractivity contribution in [2.75, 3.05) is 0 Å². The van der Waals surface area contributed by atoms with Crippen molar-refractivity contribution in [2.45, 2.75) is 86.5 Å². The van der Waals surface area contributed by atoms with Gasteiger partial charge in [-0.15, -0.1) is 0 Å². The van der Waals surface area contributed by atoms with Crippen LogP contribution in [0.15, 0.2) is 102 Å². The fourth-order valence-electron chi connectivity index (χ4n) is 10.0. The van der Waals surface area contributed by atoms with Crippen LogP contribution in [0.25, 0.3) is 0 Å². The molecular weight excluding hydrogens is 676 g/mol. The molecule has 0 saturated carbocycles. The van der Waals surface area contributed by atoms with Crippen LogP contribution < -0.4 is 20.8 Å². The molecule has 11 nitrogen and oxygen atoms in total. The summed E-state index contributed by atoms with van der Waals surface area (Å²) in [6.07, 6.45) is 10.5. The fourth-order valence-corrected chi connectivity index (χ4v) is 10.0. The highest BCUT2D eigenvalue weighted by Crippen LogP contribution is 2.63. The number of ether oxygens (including phenoxy) is 2. The molecule has 2 fully saturated rings. The third-order valence-electron chi connectivity index (χ3n) is 12.2. The lowest BCUT2D eigenvalue weighted by Gasteiger charge is -2.39. The van der Waals surface area contributed by atoms with Crippen LogP contribution in [-0.2, 0) is 10.3 Å². The van der Waals surface area contributed by atoms with E-state index in [0.29, 0.717) is 48.0 Å². The molecule has 0 radical (unpaired) electrons. The molecule has 4 unspecified atom stereocenters. The summed E-state index contributed by atoms with van der Waals surface area (Å²) < 4.78 is 13.8. The van der Waals surface area contributed by atoms with Crippen LogP contribution in [-0.4, -0.2) is 61.1 Å². The summed E-state index contributed by atoms with van der Waals surface area (Å²) in [7, 11) is 0. The normalized spacial score (nSPS) is 34.1. The molecule has 2 saturated heterocycles. The monoisotopic (exact) mass is 720 g/mol. The highest BCUT2D eigenvalue weighted by Gasteiger charge is 2.67. The van der Waals surface area contributed by atoms with Gasteiger partial charge in [0.25, 0.3) is 0 Å². The third-order valence-corrected chi connectivity index (χ3v) is 12.2. The molecule has 3 aromatic carbocycles. The number of rotatable bonds is 7. The number of fused-ring (bicyclic) bond motifs is 1. The fraction of sp³-hybridized carbons (Fsp3) is 0.381. The highest BCUT2D eigenvalue weighted by atomic mass is 16.6. The van der Waals surface area contributed by atoms with E-state index in [1.807, 2.05) is 36.4 Å². The zero-order chi connectivity index (χ0) is 36.6. The number of hydrogen-bond donors (Lipinski definition) is 8. The van der Waals surface area contributed by atoms with E-state index in [0.717, 1.165) is 47.1 Å². The Kier molecular flexibility index (Phi) is 8.32. The summed E-state index contributed by atoms with van der Waals surface area (Å²) in [6, 6.07) is 15.0. The van der Waals surface area contributed by atoms with Gasteiger partial charge >= 0.3 is 0 Å². The summed E-state index contributed by atoms with van der Waals surface area (Å²) in [6.45, 7) is 0. The number of allylic oxidation sites excluding steroid dienone is 2. The van der Waals surface area contributed by atoms with Crippen molar-refractivity contribution in [3.05, 3.63) is 124 Å². The molecule has 3 heterocycles. The number of hydrogen-bond acceptors (Lipinski definition) is 11. The molecule has 6 aliphatic rings. The van der Waals surface area contributed by atoms with E-state index < -0.39 is 35.9 Å². The molecule has 276 valence electrons. The van der Waals surface area contributed by atoms with Crippen molar-refractivity contribution in [3.8, 4) is 28.7 Å². The van der Waals surface area contributed by atoms with E-state index in [2.05, 4.69) is 5.32 Å². The zero-order valence-corrected chi connectivity index (χ0v) is 29.0. The van der Waals surface area contributed by atoms with Gasteiger partial charge in [0.1, 0.15) is 41.0 Å². The molecule has 0 amide bonds. The summed E-state index contributed by atoms with van der Waals surface area (Å²) in [5.74, 6) is 6.08. The van der Waals surface area contributed by atoms with E-state index in [-0.39, 0.29) is 35.3 Å². The van der Waals surface area contributed by atoms with Gasteiger partial charge in [0.15, 0.2) is 0 Å². The summed E-state index contributed by atoms with van der Waals surface area (Å²) in [4.78, 5) is 4.95. The Morgan fingerprint density at radius 1 is 0.887 bits per heavy atom. The molecule has 9 N–H and O–H groups in total. The lowest BCUT2D eigenvalue weighted by Crippen LogP contribution is -2.51. The van der Waals surface area contributed by atoms with Gasteiger partial charge in [-0.05, 0) is 95.8 Å². The third kappa shape index (κ3) is 5.69. The molecule has 0 spiro atoms. The van der Waals surface area contributed by atoms with Gasteiger partial charge in [-0.1, -0.05) is 36.4 Å². The summed E-state index contributed by atoms with van der Waals surface area (Å²) >= 11 is 0. The second-order valence-corrected chi connectivity index (χ2v) is 15.4. The largest absolute Gasteiger partial charge is 0.513 e. The van der Waals surface area contributed by atoms with E-state index in [9.17, 15) is 30.6 Å². The lowest BCUT2D eigenvalue weighted by molar-refractivity contribution is 0.0112. The standard InChI is InChI=1S/C42H44N2O9/c43-53-31-11-5-22(6-12-31)40-37(24-14-27(47)16-28(48)15-24)38-33(18-30(50)19-35(38)51-40)42-39-32(34(44-42)13-21-1-7-25(45)8-2-21)17-29(49)20-36(39)52-41(42)23-3-9-26(46)10-4-23/h3-7,9,11-12,14-19,21,26,29,34,36-37,39-41,44-50H,1-2,8,10,13,20,43H2/t21-,26-,29-,34?,36?,37-,39+,40?,41?,42-/m1/s1. The average molecular weight is 721 g/mol. The quantitative estimate of drug-likeness (QED) is 0.115. The van der Waals surface area contributed by atoms with Crippen LogP contribution >= 0.6 is 0 Å². The van der Waals surface area contributed by atoms with Crippen LogP contribution in [0.1, 0.15) is 72.8 Å². The first-order chi connectivity index (χ1) is 25.6. The second kappa shape index (κ2) is 13.0. The Labute approximate surface area is 306 Å². The number of phenols is 3. The van der Waals surface area contributed by atoms with Crippen molar-refractivity contribution in [3.63, 3.8) is 0 Å². The van der Waals surface area contributed by atoms with Crippen LogP contribution in [0.3, 0.4) is 0 Å². The number of nitrogens with two attached hydrogens (primary N) is 1. The van der Waals surface area contributed by atoms with Crippen LogP contribution in [0.5, 0.6) is 28.7 Å². The first kappa shape index (κ1) is 34.0. The van der Waals surface area contributed by atoms with E-state index in [1.165, 1.54) is 6.07 Å². The predicted octanol–water partition coefficient (Wildman–Crippen LogP) is 5.44. The van der Waals surface area contributed by atoms with Gasteiger partial charge in [0.05, 0.1) is 35.5 Å². The van der Waals surface area contributed by atoms with Crippen LogP contribution in [0.2, 0.25) is 0 Å². The minimum absolute atomic E-state index is 0.00321. The molecule has 10 atom stereocenters. The lowest BCUT2D eigenvalue weighted by atomic mass is 9.66. The molecule has 0 aromatic heterocycles. The second-order valence-electron chi connectivity index (χ2n) is 15.4. The van der Waals surface area contributed by atoms with Gasteiger partial charge < -0.3 is 45.0 Å². The molecule has 9 rings (SSSR count). The van der Waals surface area contributed by atoms with E-state index >= 15 is 0 Å². The molecule has 3 aliphatic carbocycles. The first-order valence-electron chi connectivity index (χ1n) is 18.4. The minimum atomic E-state index is -0.970. The number of phenolic OH excluding ortho intramolecular Hbond substituents is 3. The Morgan fingerprint density at radius 2 is 1.66 bits per heavy atom. The number of aromatic hydroxyl groups is 3. The number of aliphatic hydroxyl groups is 3. The van der Waals surface area contributed by atoms with Crippen molar-refractivity contribution in [1.82, 2.24) is 5.32 Å². The number of benzene rings is 3. The predicted molar refractivity (Wildman–Crippen MR) is 194 cm³/mol. The topological polar surface area (TPSA) is 187 Å². The van der Waals surface area contributed by atoms with Gasteiger partial charge in [0, 0.05) is 42.5 Å². The SMILES string of the molecule is NOc1ccc(C2Oc3cc(O)cc([C@]45NC(C[C@@H]6CC=C(O)CC6)C6=C[C@@H](O)CC(OC4C4=CC[C@H](O)C=C4)[C@H]65)c3[C@H]2c2cc(O)cc(O)c2)cc1. The van der Waals surface area contributed by atoms with E-state index in [4.69, 9.17) is 20.2 Å². The van der Waals surface area contributed by atoms with Crippen LogP contribution in [0, 0.1) is 11.8 Å². The Balaban J connectivity index is 1.26. The Hall–Kier alpha value is -4.78. The van der Waals surface area contributed by atoms with Crippen LogP contribution in [0.4, 0.5) is 0 Å². The molecular formula is C42H44N2O9. The smallest absolute Gasteiger partial charge is 0.146 e. The van der Waals surface area contributed by atoms with Crippen molar-refractivity contribution < 1.29 is 45.0 Å². The summed E-state index contributed by atoms with van der Waals surface area (Å²) in [5.41, 5.74) is 3.90. The van der Waals surface area contributed by atoms with E-state index in [1.54, 1.807) is 42.5 Å². The van der Waals surface area contributed by atoms with Gasteiger partial charge in [-0.25, -0.2) is 0 Å². The first-order valence-corrected chi connectivity index (χ1v) is 18.4. The molecule has 3 aliphatic heterocycles. The maximum absolute atomic E-state index is 11.5. The highest BCUT2D eigenvalue weighted by molar-refractivity contribution is 5.62. The summed E-state index contributed by atoms with van der Waals surface area (Å²) in [5, 5.41) is 69.1. The van der Waals surface area contributed by atoms with Crippen molar-refractivity contribution in [1.29, 1.82) is 0 Å². The van der Waals surface area contributed by atoms with Gasteiger partial charge in [-0.2, -0.15) is 5.90 Å². The Bertz CT molecular complexity index is 2040. The molecule has 0 bridgehead atoms. The van der Waals surface area contributed by atoms with Gasteiger partial charge in [0.2, 0.25) is 0 Å². The van der Waals surface area contributed by atoms with Gasteiger partial charge in [-0.3, -0.25) is 5.32 Å². The maximum Gasteiger partial charge on any atom is 0.146 e. The Morgan fingerprint density at radius 3 is 2.36 bits per heavy atom. The molecule has 3 aromatic rings. The zero-order valence-electron chi connectivity index (χ0n) is 29.0. The maximum atomic E-state index is 11.5. The molecule has 11 heteroatoms. The van der Waals surface area contributed by atoms with Crippen molar-refractivity contribution in [2.24, 2.45) is 17.7 Å². The number of nitrogens with one attached hydrogen (secondary N) is 1. The molecule has 53 heavy (non-hydrogen) atoms. The average Bonchev–Trinajstić information content (AvgIpc) is 3.78. The minimum Gasteiger partial charge on any atom is -0.513 e.